The summed E-state index contributed by atoms with van der Waals surface area (Å²) in [6.07, 6.45) is -0.520. The topological polar surface area (TPSA) is 33.1 Å². The van der Waals surface area contributed by atoms with Gasteiger partial charge >= 0.3 is 0 Å². The Bertz CT molecular complexity index is 438. The summed E-state index contributed by atoms with van der Waals surface area (Å²) in [5.74, 6) is 0. The third kappa shape index (κ3) is 1.55. The van der Waals surface area contributed by atoms with E-state index in [0.717, 1.165) is 10.2 Å². The van der Waals surface area contributed by atoms with E-state index in [9.17, 15) is 5.11 Å². The molecule has 0 amide bonds. The van der Waals surface area contributed by atoms with Gasteiger partial charge in [0.05, 0.1) is 15.2 Å². The Morgan fingerprint density at radius 2 is 2.31 bits per heavy atom. The van der Waals surface area contributed by atoms with Gasteiger partial charge in [0.15, 0.2) is 0 Å². The van der Waals surface area contributed by atoms with Crippen LogP contribution in [0.4, 0.5) is 0 Å². The minimum absolute atomic E-state index is 0.520. The average molecular weight is 214 g/mol. The summed E-state index contributed by atoms with van der Waals surface area (Å²) in [4.78, 5) is 4.26. The van der Waals surface area contributed by atoms with Gasteiger partial charge in [-0.1, -0.05) is 17.7 Å². The molecule has 0 saturated carbocycles. The number of rotatable bonds is 1. The molecular weight excluding hydrogens is 206 g/mol. The molecule has 1 heterocycles. The van der Waals surface area contributed by atoms with E-state index in [1.807, 2.05) is 18.2 Å². The molecule has 1 atom stereocenters. The number of hydrogen-bond donors (Lipinski definition) is 1. The predicted molar refractivity (Wildman–Crippen MR) is 55.3 cm³/mol. The number of aliphatic hydroxyl groups is 1. The number of fused-ring (bicyclic) bond motifs is 1. The van der Waals surface area contributed by atoms with Crippen LogP contribution in [0.1, 0.15) is 18.0 Å². The van der Waals surface area contributed by atoms with Crippen molar-refractivity contribution in [3.63, 3.8) is 0 Å². The van der Waals surface area contributed by atoms with Crippen molar-refractivity contribution in [2.45, 2.75) is 13.0 Å². The van der Waals surface area contributed by atoms with Crippen LogP contribution in [0.25, 0.3) is 10.2 Å². The Hall–Kier alpha value is -0.640. The van der Waals surface area contributed by atoms with E-state index in [-0.39, 0.29) is 0 Å². The van der Waals surface area contributed by atoms with Crippen molar-refractivity contribution in [2.75, 3.05) is 0 Å². The molecule has 0 saturated heterocycles. The minimum atomic E-state index is -0.520. The maximum absolute atomic E-state index is 9.32. The molecule has 2 aromatic rings. The fraction of sp³-hybridized carbons (Fsp3) is 0.222. The molecule has 0 spiro atoms. The second-order valence-electron chi connectivity index (χ2n) is 2.82. The maximum atomic E-state index is 9.32. The van der Waals surface area contributed by atoms with Gasteiger partial charge in [0.1, 0.15) is 11.1 Å². The lowest BCUT2D eigenvalue weighted by Crippen LogP contribution is -1.87. The van der Waals surface area contributed by atoms with E-state index in [0.29, 0.717) is 10.0 Å². The van der Waals surface area contributed by atoms with Gasteiger partial charge in [-0.3, -0.25) is 0 Å². The van der Waals surface area contributed by atoms with Crippen LogP contribution < -0.4 is 0 Å². The normalized spacial score (nSPS) is 13.5. The van der Waals surface area contributed by atoms with Crippen LogP contribution in [-0.4, -0.2) is 10.1 Å². The predicted octanol–water partition coefficient (Wildman–Crippen LogP) is 3.00. The smallest absolute Gasteiger partial charge is 0.122 e. The number of benzene rings is 1. The number of hydrogen-bond acceptors (Lipinski definition) is 3. The largest absolute Gasteiger partial charge is 0.386 e. The van der Waals surface area contributed by atoms with Crippen molar-refractivity contribution < 1.29 is 5.11 Å². The maximum Gasteiger partial charge on any atom is 0.122 e. The van der Waals surface area contributed by atoms with Gasteiger partial charge in [0.2, 0.25) is 0 Å². The summed E-state index contributed by atoms with van der Waals surface area (Å²) in [5, 5.41) is 10.7. The van der Waals surface area contributed by atoms with Crippen molar-refractivity contribution in [3.05, 3.63) is 28.2 Å². The lowest BCUT2D eigenvalue weighted by molar-refractivity contribution is 0.199. The molecule has 0 aliphatic heterocycles. The number of aromatic nitrogens is 1. The molecule has 2 rings (SSSR count). The summed E-state index contributed by atoms with van der Waals surface area (Å²) in [7, 11) is 0. The van der Waals surface area contributed by atoms with Crippen LogP contribution in [0.15, 0.2) is 18.2 Å². The third-order valence-corrected chi connectivity index (χ3v) is 3.44. The van der Waals surface area contributed by atoms with E-state index in [1.54, 1.807) is 6.92 Å². The van der Waals surface area contributed by atoms with Crippen LogP contribution in [-0.2, 0) is 0 Å². The Kier molecular flexibility index (Phi) is 2.24. The van der Waals surface area contributed by atoms with Gasteiger partial charge in [0.25, 0.3) is 0 Å². The highest BCUT2D eigenvalue weighted by Crippen LogP contribution is 2.31. The first-order chi connectivity index (χ1) is 6.18. The van der Waals surface area contributed by atoms with E-state index in [2.05, 4.69) is 4.98 Å². The van der Waals surface area contributed by atoms with Gasteiger partial charge < -0.3 is 5.11 Å². The van der Waals surface area contributed by atoms with Gasteiger partial charge in [-0.15, -0.1) is 11.3 Å². The lowest BCUT2D eigenvalue weighted by Gasteiger charge is -1.93. The molecule has 0 aliphatic carbocycles. The fourth-order valence-corrected chi connectivity index (χ4v) is 2.30. The summed E-state index contributed by atoms with van der Waals surface area (Å²) in [6.45, 7) is 1.70. The molecule has 0 radical (unpaired) electrons. The zero-order chi connectivity index (χ0) is 9.42. The van der Waals surface area contributed by atoms with E-state index < -0.39 is 6.10 Å². The van der Waals surface area contributed by atoms with Crippen LogP contribution in [0.3, 0.4) is 0 Å². The molecule has 0 aliphatic rings. The summed E-state index contributed by atoms with van der Waals surface area (Å²) in [5.41, 5.74) is 0.855. The van der Waals surface area contributed by atoms with E-state index in [4.69, 9.17) is 11.6 Å². The molecule has 0 bridgehead atoms. The van der Waals surface area contributed by atoms with E-state index >= 15 is 0 Å². The number of nitrogens with zero attached hydrogens (tertiary/aromatic N) is 1. The highest BCUT2D eigenvalue weighted by molar-refractivity contribution is 7.19. The molecular formula is C9H8ClNOS. The summed E-state index contributed by atoms with van der Waals surface area (Å²) >= 11 is 7.40. The Morgan fingerprint density at radius 1 is 1.54 bits per heavy atom. The second-order valence-corrected chi connectivity index (χ2v) is 4.25. The molecule has 1 aromatic carbocycles. The number of halogens is 1. The van der Waals surface area contributed by atoms with Gasteiger partial charge in [-0.25, -0.2) is 4.98 Å². The molecule has 1 unspecified atom stereocenters. The van der Waals surface area contributed by atoms with E-state index in [1.165, 1.54) is 11.3 Å². The van der Waals surface area contributed by atoms with Crippen LogP contribution in [0.2, 0.25) is 5.02 Å². The Balaban J connectivity index is 2.68. The Labute approximate surface area is 84.8 Å². The van der Waals surface area contributed by atoms with Crippen LogP contribution in [0.5, 0.6) is 0 Å². The van der Waals surface area contributed by atoms with Crippen LogP contribution >= 0.6 is 22.9 Å². The van der Waals surface area contributed by atoms with Crippen molar-refractivity contribution in [1.82, 2.24) is 4.98 Å². The molecule has 1 aromatic heterocycles. The first-order valence-corrected chi connectivity index (χ1v) is 5.11. The van der Waals surface area contributed by atoms with Crippen molar-refractivity contribution in [3.8, 4) is 0 Å². The van der Waals surface area contributed by atoms with Crippen molar-refractivity contribution in [1.29, 1.82) is 0 Å². The average Bonchev–Trinajstić information content (AvgIpc) is 2.49. The molecule has 13 heavy (non-hydrogen) atoms. The zero-order valence-corrected chi connectivity index (χ0v) is 8.56. The van der Waals surface area contributed by atoms with Gasteiger partial charge in [0, 0.05) is 0 Å². The molecule has 1 N–H and O–H groups in total. The second kappa shape index (κ2) is 3.25. The van der Waals surface area contributed by atoms with Crippen LogP contribution in [0, 0.1) is 0 Å². The first kappa shape index (κ1) is 8.94. The minimum Gasteiger partial charge on any atom is -0.386 e. The zero-order valence-electron chi connectivity index (χ0n) is 6.99. The number of thiazole rings is 1. The molecule has 4 heteroatoms. The molecule has 0 fully saturated rings. The molecule has 2 nitrogen and oxygen atoms in total. The van der Waals surface area contributed by atoms with Crippen molar-refractivity contribution in [2.24, 2.45) is 0 Å². The SMILES string of the molecule is CC(O)c1nc2cccc(Cl)c2s1. The monoisotopic (exact) mass is 213 g/mol. The summed E-state index contributed by atoms with van der Waals surface area (Å²) < 4.78 is 0.945. The Morgan fingerprint density at radius 3 is 2.92 bits per heavy atom. The number of aliphatic hydroxyl groups excluding tert-OH is 1. The van der Waals surface area contributed by atoms with Gasteiger partial charge in [-0.2, -0.15) is 0 Å². The van der Waals surface area contributed by atoms with Crippen molar-refractivity contribution >= 4 is 33.2 Å². The standard InChI is InChI=1S/C9H8ClNOS/c1-5(12)9-11-7-4-2-3-6(10)8(7)13-9/h2-5,12H,1H3. The first-order valence-electron chi connectivity index (χ1n) is 3.91. The highest BCUT2D eigenvalue weighted by Gasteiger charge is 2.09. The third-order valence-electron chi connectivity index (χ3n) is 1.74. The summed E-state index contributed by atoms with van der Waals surface area (Å²) in [6, 6.07) is 5.58. The lowest BCUT2D eigenvalue weighted by atomic mass is 10.3. The quantitative estimate of drug-likeness (QED) is 0.790. The highest BCUT2D eigenvalue weighted by atomic mass is 35.5. The van der Waals surface area contributed by atoms with Gasteiger partial charge in [-0.05, 0) is 19.1 Å². The molecule has 68 valence electrons. The fourth-order valence-electron chi connectivity index (χ4n) is 1.11.